The van der Waals surface area contributed by atoms with Gasteiger partial charge in [0.25, 0.3) is 0 Å². The van der Waals surface area contributed by atoms with Crippen LogP contribution in [0.4, 0.5) is 0 Å². The summed E-state index contributed by atoms with van der Waals surface area (Å²) >= 11 is 8.99. The first-order valence-corrected chi connectivity index (χ1v) is 4.74. The lowest BCUT2D eigenvalue weighted by atomic mass is 10.2. The highest BCUT2D eigenvalue weighted by Crippen LogP contribution is 2.30. The topological polar surface area (TPSA) is 43.7 Å². The summed E-state index contributed by atoms with van der Waals surface area (Å²) < 4.78 is 0.635. The fraction of sp³-hybridized carbons (Fsp3) is 0.250. The number of hydrogen-bond acceptors (Lipinski definition) is 3. The second kappa shape index (κ2) is 4.28. The molecule has 0 unspecified atom stereocenters. The van der Waals surface area contributed by atoms with Gasteiger partial charge in [0.05, 0.1) is 11.6 Å². The molecule has 0 atom stereocenters. The maximum Gasteiger partial charge on any atom is 0.121 e. The van der Waals surface area contributed by atoms with Crippen LogP contribution in [0, 0.1) is 0 Å². The van der Waals surface area contributed by atoms with Crippen LogP contribution in [-0.4, -0.2) is 22.4 Å². The summed E-state index contributed by atoms with van der Waals surface area (Å²) in [5.41, 5.74) is 0.582. The van der Waals surface area contributed by atoms with Gasteiger partial charge >= 0.3 is 0 Å². The molecule has 3 nitrogen and oxygen atoms in total. The van der Waals surface area contributed by atoms with Crippen molar-refractivity contribution in [3.8, 4) is 5.75 Å². The van der Waals surface area contributed by atoms with Crippen LogP contribution in [-0.2, 0) is 6.54 Å². The molecule has 5 heteroatoms. The number of halogens is 2. The van der Waals surface area contributed by atoms with E-state index in [1.54, 1.807) is 6.07 Å². The first kappa shape index (κ1) is 10.8. The second-order valence-electron chi connectivity index (χ2n) is 2.71. The fourth-order valence-corrected chi connectivity index (χ4v) is 1.47. The first-order chi connectivity index (χ1) is 6.00. The van der Waals surface area contributed by atoms with Crippen LogP contribution in [0.15, 0.2) is 16.6 Å². The Morgan fingerprint density at radius 2 is 2.15 bits per heavy atom. The van der Waals surface area contributed by atoms with Gasteiger partial charge in [-0.1, -0.05) is 11.6 Å². The number of phenols is 1. The molecule has 0 spiro atoms. The number of hydrogen-bond donors (Lipinski definition) is 2. The van der Waals surface area contributed by atoms with E-state index in [2.05, 4.69) is 15.9 Å². The van der Waals surface area contributed by atoms with Gasteiger partial charge < -0.3 is 10.3 Å². The zero-order valence-corrected chi connectivity index (χ0v) is 9.30. The van der Waals surface area contributed by atoms with Crippen LogP contribution in [0.1, 0.15) is 5.56 Å². The molecule has 1 aromatic rings. The second-order valence-corrected chi connectivity index (χ2v) is 3.97. The van der Waals surface area contributed by atoms with Gasteiger partial charge in [0.15, 0.2) is 0 Å². The molecule has 0 aliphatic rings. The van der Waals surface area contributed by atoms with E-state index >= 15 is 0 Å². The van der Waals surface area contributed by atoms with E-state index in [1.807, 2.05) is 0 Å². The Kier molecular flexibility index (Phi) is 3.55. The van der Waals surface area contributed by atoms with Gasteiger partial charge in [0.1, 0.15) is 5.75 Å². The van der Waals surface area contributed by atoms with Crippen LogP contribution in [0.3, 0.4) is 0 Å². The number of phenolic OH excluding ortho intramolecular Hbond substituents is 1. The van der Waals surface area contributed by atoms with Gasteiger partial charge in [0, 0.05) is 17.1 Å². The van der Waals surface area contributed by atoms with Crippen molar-refractivity contribution in [2.24, 2.45) is 0 Å². The van der Waals surface area contributed by atoms with E-state index in [0.29, 0.717) is 15.1 Å². The van der Waals surface area contributed by atoms with E-state index in [4.69, 9.17) is 16.8 Å². The molecular weight excluding hydrogens is 257 g/mol. The number of hydroxylamine groups is 2. The minimum absolute atomic E-state index is 0.108. The van der Waals surface area contributed by atoms with Crippen LogP contribution in [0.5, 0.6) is 5.75 Å². The molecule has 13 heavy (non-hydrogen) atoms. The number of aromatic hydroxyl groups is 1. The molecule has 2 N–H and O–H groups in total. The molecule has 0 aromatic heterocycles. The van der Waals surface area contributed by atoms with Crippen LogP contribution in [0.2, 0.25) is 5.02 Å². The Morgan fingerprint density at radius 3 is 2.69 bits per heavy atom. The van der Waals surface area contributed by atoms with E-state index < -0.39 is 0 Å². The minimum atomic E-state index is 0.108. The third-order valence-electron chi connectivity index (χ3n) is 1.52. The summed E-state index contributed by atoms with van der Waals surface area (Å²) in [7, 11) is 1.50. The smallest absolute Gasteiger partial charge is 0.121 e. The SMILES string of the molecule is CN(O)Cc1cc(Cl)c(Br)cc1O. The van der Waals surface area contributed by atoms with Crippen molar-refractivity contribution in [3.63, 3.8) is 0 Å². The molecule has 0 fully saturated rings. The third kappa shape index (κ3) is 2.84. The van der Waals surface area contributed by atoms with Crippen LogP contribution < -0.4 is 0 Å². The van der Waals surface area contributed by atoms with E-state index in [1.165, 1.54) is 13.1 Å². The quantitative estimate of drug-likeness (QED) is 0.809. The molecule has 0 heterocycles. The zero-order chi connectivity index (χ0) is 10.0. The summed E-state index contributed by atoms with van der Waals surface area (Å²) in [5, 5.41) is 19.9. The highest BCUT2D eigenvalue weighted by Gasteiger charge is 2.07. The molecule has 0 radical (unpaired) electrons. The summed E-state index contributed by atoms with van der Waals surface area (Å²) in [5.74, 6) is 0.108. The van der Waals surface area contributed by atoms with Crippen molar-refractivity contribution in [2.75, 3.05) is 7.05 Å². The third-order valence-corrected chi connectivity index (χ3v) is 2.72. The van der Waals surface area contributed by atoms with Gasteiger partial charge in [-0.2, -0.15) is 5.06 Å². The molecule has 0 saturated carbocycles. The highest BCUT2D eigenvalue weighted by atomic mass is 79.9. The standard InChI is InChI=1S/C8H9BrClNO2/c1-11(13)4-5-2-7(10)6(9)3-8(5)12/h2-3,12-13H,4H2,1H3. The van der Waals surface area contributed by atoms with Crippen LogP contribution >= 0.6 is 27.5 Å². The average Bonchev–Trinajstić information content (AvgIpc) is 1.99. The molecule has 0 amide bonds. The monoisotopic (exact) mass is 265 g/mol. The lowest BCUT2D eigenvalue weighted by Crippen LogP contribution is -2.11. The molecule has 0 aliphatic carbocycles. The van der Waals surface area contributed by atoms with Crippen molar-refractivity contribution in [2.45, 2.75) is 6.54 Å². The predicted molar refractivity (Wildman–Crippen MR) is 54.1 cm³/mol. The van der Waals surface area contributed by atoms with Crippen LogP contribution in [0.25, 0.3) is 0 Å². The maximum atomic E-state index is 9.44. The van der Waals surface area contributed by atoms with Crippen molar-refractivity contribution in [1.82, 2.24) is 5.06 Å². The summed E-state index contributed by atoms with van der Waals surface area (Å²) in [4.78, 5) is 0. The first-order valence-electron chi connectivity index (χ1n) is 3.57. The van der Waals surface area contributed by atoms with Gasteiger partial charge in [0.2, 0.25) is 0 Å². The van der Waals surface area contributed by atoms with Crippen molar-refractivity contribution in [1.29, 1.82) is 0 Å². The van der Waals surface area contributed by atoms with Crippen molar-refractivity contribution >= 4 is 27.5 Å². The molecule has 1 aromatic carbocycles. The van der Waals surface area contributed by atoms with Crippen molar-refractivity contribution < 1.29 is 10.3 Å². The number of rotatable bonds is 2. The zero-order valence-electron chi connectivity index (χ0n) is 6.96. The number of benzene rings is 1. The van der Waals surface area contributed by atoms with E-state index in [9.17, 15) is 5.11 Å². The Labute approximate surface area is 89.6 Å². The predicted octanol–water partition coefficient (Wildman–Crippen LogP) is 2.63. The minimum Gasteiger partial charge on any atom is -0.508 e. The van der Waals surface area contributed by atoms with E-state index in [-0.39, 0.29) is 12.3 Å². The molecule has 0 saturated heterocycles. The lowest BCUT2D eigenvalue weighted by Gasteiger charge is -2.10. The summed E-state index contributed by atoms with van der Waals surface area (Å²) in [6.07, 6.45) is 0. The van der Waals surface area contributed by atoms with Crippen molar-refractivity contribution in [3.05, 3.63) is 27.2 Å². The molecule has 72 valence electrons. The maximum absolute atomic E-state index is 9.44. The summed E-state index contributed by atoms with van der Waals surface area (Å²) in [6.45, 7) is 0.235. The number of nitrogens with zero attached hydrogens (tertiary/aromatic N) is 1. The largest absolute Gasteiger partial charge is 0.508 e. The Morgan fingerprint density at radius 1 is 1.54 bits per heavy atom. The highest BCUT2D eigenvalue weighted by molar-refractivity contribution is 9.10. The van der Waals surface area contributed by atoms with Gasteiger partial charge in [-0.05, 0) is 28.1 Å². The normalized spacial score (nSPS) is 10.8. The fourth-order valence-electron chi connectivity index (χ4n) is 0.951. The van der Waals surface area contributed by atoms with Gasteiger partial charge in [-0.3, -0.25) is 0 Å². The molecule has 0 aliphatic heterocycles. The Bertz CT molecular complexity index is 317. The Hall–Kier alpha value is -0.290. The molecular formula is C8H9BrClNO2. The van der Waals surface area contributed by atoms with E-state index in [0.717, 1.165) is 5.06 Å². The van der Waals surface area contributed by atoms with Gasteiger partial charge in [-0.25, -0.2) is 0 Å². The molecule has 1 rings (SSSR count). The Balaban J connectivity index is 3.01. The lowest BCUT2D eigenvalue weighted by molar-refractivity contribution is -0.0735. The average molecular weight is 267 g/mol. The molecule has 0 bridgehead atoms. The summed E-state index contributed by atoms with van der Waals surface area (Å²) in [6, 6.07) is 3.11. The van der Waals surface area contributed by atoms with Gasteiger partial charge in [-0.15, -0.1) is 0 Å².